The van der Waals surface area contributed by atoms with Crippen LogP contribution in [0.3, 0.4) is 0 Å². The smallest absolute Gasteiger partial charge is 0.244 e. The maximum atomic E-state index is 13.6. The van der Waals surface area contributed by atoms with Crippen molar-refractivity contribution in [3.05, 3.63) is 47.0 Å². The van der Waals surface area contributed by atoms with Crippen LogP contribution >= 0.6 is 11.8 Å². The van der Waals surface area contributed by atoms with E-state index in [4.69, 9.17) is 14.2 Å². The molecule has 0 amide bonds. The molecular formula is C22H27NO5S2. The molecule has 1 atom stereocenters. The molecule has 162 valence electrons. The van der Waals surface area contributed by atoms with Crippen LogP contribution in [0.4, 0.5) is 0 Å². The molecule has 0 saturated carbocycles. The molecule has 0 spiro atoms. The highest BCUT2D eigenvalue weighted by atomic mass is 32.2. The van der Waals surface area contributed by atoms with Gasteiger partial charge in [-0.2, -0.15) is 4.31 Å². The van der Waals surface area contributed by atoms with E-state index in [1.807, 2.05) is 18.2 Å². The molecular weight excluding hydrogens is 422 g/mol. The van der Waals surface area contributed by atoms with Crippen LogP contribution in [0.1, 0.15) is 34.9 Å². The highest BCUT2D eigenvalue weighted by Crippen LogP contribution is 2.48. The molecule has 30 heavy (non-hydrogen) atoms. The Labute approximate surface area is 182 Å². The molecule has 0 aromatic heterocycles. The number of fused-ring (bicyclic) bond motifs is 1. The molecule has 1 saturated heterocycles. The molecule has 0 radical (unpaired) electrons. The van der Waals surface area contributed by atoms with E-state index >= 15 is 0 Å². The van der Waals surface area contributed by atoms with Crippen molar-refractivity contribution in [2.45, 2.75) is 36.0 Å². The summed E-state index contributed by atoms with van der Waals surface area (Å²) in [6.07, 6.45) is 4.26. The van der Waals surface area contributed by atoms with Crippen molar-refractivity contribution in [2.24, 2.45) is 0 Å². The summed E-state index contributed by atoms with van der Waals surface area (Å²) in [5, 5.41) is -0.388. The summed E-state index contributed by atoms with van der Waals surface area (Å²) in [7, 11) is 1.06. The monoisotopic (exact) mass is 449 g/mol. The van der Waals surface area contributed by atoms with Crippen LogP contribution in [-0.2, 0) is 22.9 Å². The highest BCUT2D eigenvalue weighted by Gasteiger charge is 2.39. The van der Waals surface area contributed by atoms with Gasteiger partial charge in [0, 0.05) is 23.9 Å². The Morgan fingerprint density at radius 2 is 1.57 bits per heavy atom. The van der Waals surface area contributed by atoms with Gasteiger partial charge in [0.2, 0.25) is 10.0 Å². The third-order valence-corrected chi connectivity index (χ3v) is 9.01. The molecule has 1 heterocycles. The number of sulfonamides is 1. The molecule has 1 unspecified atom stereocenters. The zero-order valence-electron chi connectivity index (χ0n) is 17.5. The maximum Gasteiger partial charge on any atom is 0.244 e. The lowest BCUT2D eigenvalue weighted by Crippen LogP contribution is -2.31. The number of aryl methyl sites for hydroxylation is 2. The number of thioether (sulfide) groups is 1. The molecule has 0 N–H and O–H groups in total. The minimum atomic E-state index is -3.64. The SMILES string of the molecule is COc1cc(OC)c(C2SCCN2S(=O)(=O)c2ccc3c(c2)CCCC3)cc1OC. The van der Waals surface area contributed by atoms with Gasteiger partial charge >= 0.3 is 0 Å². The van der Waals surface area contributed by atoms with Gasteiger partial charge < -0.3 is 14.2 Å². The van der Waals surface area contributed by atoms with E-state index in [1.165, 1.54) is 12.0 Å². The lowest BCUT2D eigenvalue weighted by molar-refractivity contribution is 0.344. The van der Waals surface area contributed by atoms with E-state index in [1.54, 1.807) is 49.5 Å². The van der Waals surface area contributed by atoms with Crippen LogP contribution in [0.5, 0.6) is 17.2 Å². The highest BCUT2D eigenvalue weighted by molar-refractivity contribution is 8.01. The van der Waals surface area contributed by atoms with E-state index in [2.05, 4.69) is 0 Å². The fourth-order valence-corrected chi connectivity index (χ4v) is 7.50. The average molecular weight is 450 g/mol. The normalized spacial score (nSPS) is 19.4. The fourth-order valence-electron chi connectivity index (χ4n) is 4.20. The number of nitrogens with zero attached hydrogens (tertiary/aromatic N) is 1. The van der Waals surface area contributed by atoms with Gasteiger partial charge in [0.15, 0.2) is 11.5 Å². The largest absolute Gasteiger partial charge is 0.496 e. The lowest BCUT2D eigenvalue weighted by Gasteiger charge is -2.26. The molecule has 1 aliphatic carbocycles. The summed E-state index contributed by atoms with van der Waals surface area (Å²) in [6, 6.07) is 9.17. The van der Waals surface area contributed by atoms with E-state index in [9.17, 15) is 8.42 Å². The number of ether oxygens (including phenoxy) is 3. The number of methoxy groups -OCH3 is 3. The van der Waals surface area contributed by atoms with E-state index in [0.29, 0.717) is 34.4 Å². The van der Waals surface area contributed by atoms with Gasteiger partial charge in [-0.15, -0.1) is 11.8 Å². The Bertz CT molecular complexity index is 1040. The summed E-state index contributed by atoms with van der Waals surface area (Å²) < 4.78 is 45.2. The summed E-state index contributed by atoms with van der Waals surface area (Å²) in [5.74, 6) is 2.39. The van der Waals surface area contributed by atoms with Gasteiger partial charge in [-0.1, -0.05) is 6.07 Å². The first-order valence-electron chi connectivity index (χ1n) is 10.0. The van der Waals surface area contributed by atoms with Gasteiger partial charge in [-0.3, -0.25) is 0 Å². The second kappa shape index (κ2) is 8.69. The molecule has 8 heteroatoms. The van der Waals surface area contributed by atoms with Gasteiger partial charge in [-0.25, -0.2) is 8.42 Å². The molecule has 6 nitrogen and oxygen atoms in total. The number of hydrogen-bond donors (Lipinski definition) is 0. The van der Waals surface area contributed by atoms with Crippen LogP contribution in [0.15, 0.2) is 35.2 Å². The average Bonchev–Trinajstić information content (AvgIpc) is 3.28. The van der Waals surface area contributed by atoms with E-state index in [-0.39, 0.29) is 5.37 Å². The standard InChI is InChI=1S/C22H27NO5S2/c1-26-19-14-21(28-3)20(27-2)13-18(19)22-23(10-11-29-22)30(24,25)17-9-8-15-6-4-5-7-16(15)12-17/h8-9,12-14,22H,4-7,10-11H2,1-3H3. The van der Waals surface area contributed by atoms with Gasteiger partial charge in [-0.05, 0) is 55.0 Å². The van der Waals surface area contributed by atoms with Crippen molar-refractivity contribution < 1.29 is 22.6 Å². The quantitative estimate of drug-likeness (QED) is 0.664. The van der Waals surface area contributed by atoms with E-state index < -0.39 is 10.0 Å². The summed E-state index contributed by atoms with van der Waals surface area (Å²) in [6.45, 7) is 0.451. The van der Waals surface area contributed by atoms with Gasteiger partial charge in [0.05, 0.1) is 31.6 Å². The Morgan fingerprint density at radius 1 is 0.900 bits per heavy atom. The van der Waals surface area contributed by atoms with Crippen LogP contribution < -0.4 is 14.2 Å². The van der Waals surface area contributed by atoms with Crippen molar-refractivity contribution >= 4 is 21.8 Å². The first-order valence-corrected chi connectivity index (χ1v) is 12.5. The van der Waals surface area contributed by atoms with Crippen molar-refractivity contribution in [1.82, 2.24) is 4.31 Å². The third-order valence-electron chi connectivity index (χ3n) is 5.78. The van der Waals surface area contributed by atoms with Gasteiger partial charge in [0.1, 0.15) is 5.75 Å². The second-order valence-corrected chi connectivity index (χ2v) is 10.5. The Hall–Kier alpha value is -1.90. The molecule has 2 aromatic rings. The van der Waals surface area contributed by atoms with Crippen LogP contribution in [0.2, 0.25) is 0 Å². The van der Waals surface area contributed by atoms with Crippen molar-refractivity contribution in [3.8, 4) is 17.2 Å². The van der Waals surface area contributed by atoms with Crippen molar-refractivity contribution in [3.63, 3.8) is 0 Å². The lowest BCUT2D eigenvalue weighted by atomic mass is 9.92. The molecule has 2 aromatic carbocycles. The minimum absolute atomic E-state index is 0.370. The third kappa shape index (κ3) is 3.76. The number of hydrogen-bond acceptors (Lipinski definition) is 6. The number of rotatable bonds is 6. The molecule has 1 aliphatic heterocycles. The predicted octanol–water partition coefficient (Wildman–Crippen LogP) is 4.03. The summed E-state index contributed by atoms with van der Waals surface area (Å²) in [4.78, 5) is 0.370. The van der Waals surface area contributed by atoms with E-state index in [0.717, 1.165) is 30.4 Å². The first-order chi connectivity index (χ1) is 14.5. The van der Waals surface area contributed by atoms with Crippen molar-refractivity contribution in [1.29, 1.82) is 0 Å². The van der Waals surface area contributed by atoms with Crippen LogP contribution in [-0.4, -0.2) is 46.4 Å². The summed E-state index contributed by atoms with van der Waals surface area (Å²) in [5.41, 5.74) is 3.20. The Morgan fingerprint density at radius 3 is 2.27 bits per heavy atom. The topological polar surface area (TPSA) is 65.1 Å². The van der Waals surface area contributed by atoms with Gasteiger partial charge in [0.25, 0.3) is 0 Å². The zero-order valence-corrected chi connectivity index (χ0v) is 19.1. The molecule has 2 aliphatic rings. The minimum Gasteiger partial charge on any atom is -0.496 e. The molecule has 4 rings (SSSR count). The summed E-state index contributed by atoms with van der Waals surface area (Å²) >= 11 is 1.59. The van der Waals surface area contributed by atoms with Crippen molar-refractivity contribution in [2.75, 3.05) is 33.6 Å². The maximum absolute atomic E-state index is 13.6. The fraction of sp³-hybridized carbons (Fsp3) is 0.455. The Balaban J connectivity index is 1.73. The Kier molecular flexibility index (Phi) is 6.18. The predicted molar refractivity (Wildman–Crippen MR) is 118 cm³/mol. The second-order valence-electron chi connectivity index (χ2n) is 7.43. The van der Waals surface area contributed by atoms with Crippen LogP contribution in [0, 0.1) is 0 Å². The first kappa shape index (κ1) is 21.3. The zero-order chi connectivity index (χ0) is 21.3. The van der Waals surface area contributed by atoms with Crippen LogP contribution in [0.25, 0.3) is 0 Å². The molecule has 0 bridgehead atoms. The number of benzene rings is 2. The molecule has 1 fully saturated rings.